The van der Waals surface area contributed by atoms with Crippen LogP contribution >= 0.6 is 0 Å². The van der Waals surface area contributed by atoms with E-state index in [9.17, 15) is 0 Å². The highest BCUT2D eigenvalue weighted by Crippen LogP contribution is 2.20. The van der Waals surface area contributed by atoms with Crippen LogP contribution in [0.1, 0.15) is 72.6 Å². The first-order chi connectivity index (χ1) is 9.11. The molecule has 0 aliphatic carbocycles. The smallest absolute Gasteiger partial charge is 0.0477 e. The van der Waals surface area contributed by atoms with Gasteiger partial charge in [-0.25, -0.2) is 0 Å². The third-order valence-electron chi connectivity index (χ3n) is 4.17. The lowest BCUT2D eigenvalue weighted by Gasteiger charge is -2.19. The zero-order chi connectivity index (χ0) is 14.5. The molecule has 0 aromatic carbocycles. The number of hydrogen-bond acceptors (Lipinski definition) is 2. The molecule has 0 heterocycles. The predicted molar refractivity (Wildman–Crippen MR) is 87.5 cm³/mol. The van der Waals surface area contributed by atoms with Gasteiger partial charge in [0, 0.05) is 6.67 Å². The van der Waals surface area contributed by atoms with Gasteiger partial charge in [-0.3, -0.25) is 4.90 Å². The fourth-order valence-corrected chi connectivity index (χ4v) is 2.65. The Balaban J connectivity index is 3.34. The second-order valence-corrected chi connectivity index (χ2v) is 6.35. The molecule has 0 rings (SSSR count). The molecule has 0 aliphatic rings. The molecule has 1 unspecified atom stereocenters. The zero-order valence-electron chi connectivity index (χ0n) is 14.2. The number of nitrogens with zero attached hydrogens (tertiary/aromatic N) is 1. The zero-order valence-corrected chi connectivity index (χ0v) is 14.2. The summed E-state index contributed by atoms with van der Waals surface area (Å²) in [4.78, 5) is 2.40. The minimum Gasteiger partial charge on any atom is -0.304 e. The van der Waals surface area contributed by atoms with E-state index >= 15 is 0 Å². The Kier molecular flexibility index (Phi) is 12.9. The van der Waals surface area contributed by atoms with E-state index in [0.29, 0.717) is 0 Å². The monoisotopic (exact) mass is 270 g/mol. The molecule has 0 saturated heterocycles. The summed E-state index contributed by atoms with van der Waals surface area (Å²) in [5, 5.41) is 3.56. The maximum absolute atomic E-state index is 3.56. The molecule has 0 aliphatic heterocycles. The van der Waals surface area contributed by atoms with Crippen LogP contribution in [0, 0.1) is 11.8 Å². The Hall–Kier alpha value is -0.0800. The van der Waals surface area contributed by atoms with E-state index in [1.165, 1.54) is 58.0 Å². The van der Waals surface area contributed by atoms with Gasteiger partial charge in [0.2, 0.25) is 0 Å². The second kappa shape index (κ2) is 12.9. The van der Waals surface area contributed by atoms with Crippen molar-refractivity contribution in [2.45, 2.75) is 72.6 Å². The van der Waals surface area contributed by atoms with E-state index in [1.54, 1.807) is 0 Å². The van der Waals surface area contributed by atoms with E-state index in [1.807, 2.05) is 0 Å². The summed E-state index contributed by atoms with van der Waals surface area (Å²) in [6.45, 7) is 12.8. The van der Waals surface area contributed by atoms with Gasteiger partial charge < -0.3 is 5.32 Å². The van der Waals surface area contributed by atoms with Crippen molar-refractivity contribution >= 4 is 0 Å². The Morgan fingerprint density at radius 3 is 2.32 bits per heavy atom. The Labute approximate surface area is 122 Å². The average molecular weight is 271 g/mol. The molecule has 0 radical (unpaired) electrons. The summed E-state index contributed by atoms with van der Waals surface area (Å²) in [5.74, 6) is 1.78. The molecule has 2 nitrogen and oxygen atoms in total. The van der Waals surface area contributed by atoms with Crippen LogP contribution in [-0.4, -0.2) is 31.7 Å². The van der Waals surface area contributed by atoms with Crippen molar-refractivity contribution in [2.24, 2.45) is 11.8 Å². The van der Waals surface area contributed by atoms with Gasteiger partial charge in [-0.2, -0.15) is 0 Å². The summed E-state index contributed by atoms with van der Waals surface area (Å²) in [5.41, 5.74) is 0. The molecule has 0 fully saturated rings. The normalized spacial score (nSPS) is 13.4. The van der Waals surface area contributed by atoms with Gasteiger partial charge in [-0.1, -0.05) is 59.8 Å². The van der Waals surface area contributed by atoms with Crippen molar-refractivity contribution in [3.63, 3.8) is 0 Å². The molecular formula is C17H38N2. The number of hydrogen-bond donors (Lipinski definition) is 1. The molecule has 19 heavy (non-hydrogen) atoms. The molecular weight excluding hydrogens is 232 g/mol. The summed E-state index contributed by atoms with van der Waals surface area (Å²) in [7, 11) is 2.22. The van der Waals surface area contributed by atoms with Gasteiger partial charge in [0.15, 0.2) is 0 Å². The fourth-order valence-electron chi connectivity index (χ4n) is 2.65. The molecule has 0 saturated carbocycles. The molecule has 1 atom stereocenters. The van der Waals surface area contributed by atoms with Crippen LogP contribution in [0.4, 0.5) is 0 Å². The van der Waals surface area contributed by atoms with Gasteiger partial charge in [-0.15, -0.1) is 0 Å². The predicted octanol–water partition coefficient (Wildman–Crippen LogP) is 4.51. The second-order valence-electron chi connectivity index (χ2n) is 6.35. The van der Waals surface area contributed by atoms with E-state index in [4.69, 9.17) is 0 Å². The average Bonchev–Trinajstić information content (AvgIpc) is 2.37. The summed E-state index contributed by atoms with van der Waals surface area (Å²) >= 11 is 0. The third kappa shape index (κ3) is 11.4. The van der Waals surface area contributed by atoms with Crippen LogP contribution < -0.4 is 5.32 Å². The molecule has 0 aromatic rings. The van der Waals surface area contributed by atoms with Crippen LogP contribution in [-0.2, 0) is 0 Å². The van der Waals surface area contributed by atoms with Crippen LogP contribution in [0.5, 0.6) is 0 Å². The van der Waals surface area contributed by atoms with Crippen molar-refractivity contribution in [3.05, 3.63) is 0 Å². The molecule has 1 N–H and O–H groups in total. The number of nitrogens with one attached hydrogen (secondary N) is 1. The van der Waals surface area contributed by atoms with Gasteiger partial charge in [0.25, 0.3) is 0 Å². The lowest BCUT2D eigenvalue weighted by atomic mass is 9.88. The van der Waals surface area contributed by atoms with E-state index in [-0.39, 0.29) is 0 Å². The van der Waals surface area contributed by atoms with Crippen LogP contribution in [0.15, 0.2) is 0 Å². The quantitative estimate of drug-likeness (QED) is 0.391. The topological polar surface area (TPSA) is 15.3 Å². The van der Waals surface area contributed by atoms with Gasteiger partial charge in [0.05, 0.1) is 0 Å². The van der Waals surface area contributed by atoms with Crippen molar-refractivity contribution in [3.8, 4) is 0 Å². The highest BCUT2D eigenvalue weighted by molar-refractivity contribution is 4.62. The van der Waals surface area contributed by atoms with Crippen molar-refractivity contribution in [2.75, 3.05) is 26.8 Å². The van der Waals surface area contributed by atoms with Crippen molar-refractivity contribution < 1.29 is 0 Å². The molecule has 0 bridgehead atoms. The lowest BCUT2D eigenvalue weighted by molar-refractivity contribution is 0.294. The lowest BCUT2D eigenvalue weighted by Crippen LogP contribution is -2.32. The molecule has 0 spiro atoms. The van der Waals surface area contributed by atoms with E-state index < -0.39 is 0 Å². The Bertz CT molecular complexity index is 180. The maximum Gasteiger partial charge on any atom is 0.0477 e. The Morgan fingerprint density at radius 2 is 1.74 bits per heavy atom. The summed E-state index contributed by atoms with van der Waals surface area (Å²) in [6.07, 6.45) is 9.46. The van der Waals surface area contributed by atoms with Crippen LogP contribution in [0.25, 0.3) is 0 Å². The first-order valence-corrected chi connectivity index (χ1v) is 8.51. The first-order valence-electron chi connectivity index (χ1n) is 8.51. The van der Waals surface area contributed by atoms with Crippen LogP contribution in [0.3, 0.4) is 0 Å². The minimum atomic E-state index is 0.850. The highest BCUT2D eigenvalue weighted by Gasteiger charge is 2.09. The number of unbranched alkanes of at least 4 members (excludes halogenated alkanes) is 3. The van der Waals surface area contributed by atoms with Gasteiger partial charge in [-0.05, 0) is 44.8 Å². The number of rotatable bonds is 13. The molecule has 0 amide bonds. The van der Waals surface area contributed by atoms with Crippen molar-refractivity contribution in [1.29, 1.82) is 0 Å². The fraction of sp³-hybridized carbons (Fsp3) is 1.00. The largest absolute Gasteiger partial charge is 0.304 e. The first kappa shape index (κ1) is 18.9. The summed E-state index contributed by atoms with van der Waals surface area (Å²) in [6, 6.07) is 0. The standard InChI is InChI=1S/C17H38N2/c1-6-8-11-14-19(5)15-18-13-10-9-12-17(7-2)16(3)4/h16-18H,6-15H2,1-5H3. The van der Waals surface area contributed by atoms with E-state index in [2.05, 4.69) is 45.0 Å². The third-order valence-corrected chi connectivity index (χ3v) is 4.17. The van der Waals surface area contributed by atoms with Gasteiger partial charge >= 0.3 is 0 Å². The molecule has 2 heteroatoms. The molecule has 0 aromatic heterocycles. The SMILES string of the molecule is CCCCCN(C)CNCCCCC(CC)C(C)C. The summed E-state index contributed by atoms with van der Waals surface area (Å²) < 4.78 is 0. The van der Waals surface area contributed by atoms with Crippen LogP contribution in [0.2, 0.25) is 0 Å². The minimum absolute atomic E-state index is 0.850. The van der Waals surface area contributed by atoms with Crippen molar-refractivity contribution in [1.82, 2.24) is 10.2 Å². The highest BCUT2D eigenvalue weighted by atomic mass is 15.2. The van der Waals surface area contributed by atoms with E-state index in [0.717, 1.165) is 18.5 Å². The maximum atomic E-state index is 3.56. The molecule has 116 valence electrons. The van der Waals surface area contributed by atoms with Gasteiger partial charge in [0.1, 0.15) is 0 Å². The Morgan fingerprint density at radius 1 is 1.00 bits per heavy atom.